The molecule has 0 atom stereocenters. The molecule has 0 saturated heterocycles. The van der Waals surface area contributed by atoms with Crippen LogP contribution in [-0.2, 0) is 23.8 Å². The zero-order chi connectivity index (χ0) is 24.5. The number of rotatable bonds is 8. The number of ether oxygens (including phenoxy) is 3. The van der Waals surface area contributed by atoms with Gasteiger partial charge in [-0.15, -0.1) is 0 Å². The highest BCUT2D eigenvalue weighted by Crippen LogP contribution is 2.17. The standard InChI is InChI=1S/C23H24N2O8/c1-13-5-14(2)7-15(6-13)21(28)24-11-20(27)33-12-19(26)25-18-9-16(22(29)31-3)8-17(10-18)23(30)32-4/h5-10H,11-12H2,1-4H3,(H,24,28)(H,25,26). The van der Waals surface area contributed by atoms with Crippen molar-refractivity contribution in [2.45, 2.75) is 13.8 Å². The first-order valence-corrected chi connectivity index (χ1v) is 9.76. The molecule has 0 radical (unpaired) electrons. The van der Waals surface area contributed by atoms with Gasteiger partial charge in [0.2, 0.25) is 0 Å². The Hall–Kier alpha value is -4.21. The van der Waals surface area contributed by atoms with Crippen molar-refractivity contribution in [3.05, 3.63) is 64.2 Å². The third-order valence-corrected chi connectivity index (χ3v) is 4.30. The lowest BCUT2D eigenvalue weighted by Crippen LogP contribution is -2.32. The van der Waals surface area contributed by atoms with Crippen molar-refractivity contribution < 1.29 is 38.2 Å². The van der Waals surface area contributed by atoms with Crippen molar-refractivity contribution in [2.75, 3.05) is 32.7 Å². The summed E-state index contributed by atoms with van der Waals surface area (Å²) < 4.78 is 14.1. The summed E-state index contributed by atoms with van der Waals surface area (Å²) in [5, 5.41) is 4.85. The topological polar surface area (TPSA) is 137 Å². The molecule has 0 bridgehead atoms. The van der Waals surface area contributed by atoms with Gasteiger partial charge < -0.3 is 24.8 Å². The number of hydrogen-bond acceptors (Lipinski definition) is 8. The van der Waals surface area contributed by atoms with Crippen LogP contribution in [0.2, 0.25) is 0 Å². The third kappa shape index (κ3) is 7.46. The van der Waals surface area contributed by atoms with Gasteiger partial charge in [-0.05, 0) is 44.2 Å². The molecule has 2 rings (SSSR count). The lowest BCUT2D eigenvalue weighted by Gasteiger charge is -2.10. The minimum absolute atomic E-state index is 0.0155. The Labute approximate surface area is 190 Å². The smallest absolute Gasteiger partial charge is 0.337 e. The summed E-state index contributed by atoms with van der Waals surface area (Å²) in [5.41, 5.74) is 2.35. The average Bonchev–Trinajstić information content (AvgIpc) is 2.79. The van der Waals surface area contributed by atoms with Crippen LogP contribution in [0.15, 0.2) is 36.4 Å². The van der Waals surface area contributed by atoms with E-state index in [0.717, 1.165) is 11.1 Å². The van der Waals surface area contributed by atoms with Crippen LogP contribution in [-0.4, -0.2) is 57.1 Å². The van der Waals surface area contributed by atoms with Crippen molar-refractivity contribution in [1.82, 2.24) is 5.32 Å². The maximum absolute atomic E-state index is 12.2. The normalized spacial score (nSPS) is 10.1. The number of carbonyl (C=O) groups excluding carboxylic acids is 5. The van der Waals surface area contributed by atoms with Gasteiger partial charge in [0, 0.05) is 11.3 Å². The van der Waals surface area contributed by atoms with Gasteiger partial charge in [0.25, 0.3) is 11.8 Å². The summed E-state index contributed by atoms with van der Waals surface area (Å²) in [5.74, 6) is -3.43. The van der Waals surface area contributed by atoms with Crippen LogP contribution < -0.4 is 10.6 Å². The second-order valence-corrected chi connectivity index (χ2v) is 7.05. The summed E-state index contributed by atoms with van der Waals surface area (Å²) in [4.78, 5) is 59.8. The molecule has 2 aromatic carbocycles. The van der Waals surface area contributed by atoms with Gasteiger partial charge in [-0.3, -0.25) is 14.4 Å². The molecule has 2 aromatic rings. The fraction of sp³-hybridized carbons (Fsp3) is 0.261. The second-order valence-electron chi connectivity index (χ2n) is 7.05. The number of hydrogen-bond donors (Lipinski definition) is 2. The Morgan fingerprint density at radius 1 is 0.758 bits per heavy atom. The van der Waals surface area contributed by atoms with E-state index in [1.54, 1.807) is 12.1 Å². The third-order valence-electron chi connectivity index (χ3n) is 4.30. The van der Waals surface area contributed by atoms with Crippen molar-refractivity contribution >= 4 is 35.4 Å². The first-order chi connectivity index (χ1) is 15.6. The van der Waals surface area contributed by atoms with Gasteiger partial charge in [0.1, 0.15) is 6.54 Å². The largest absolute Gasteiger partial charge is 0.465 e. The number of nitrogens with one attached hydrogen (secondary N) is 2. The summed E-state index contributed by atoms with van der Waals surface area (Å²) in [6.45, 7) is 2.63. The Kier molecular flexibility index (Phi) is 8.67. The van der Waals surface area contributed by atoms with E-state index < -0.39 is 42.9 Å². The molecule has 0 unspecified atom stereocenters. The zero-order valence-corrected chi connectivity index (χ0v) is 18.6. The molecule has 2 N–H and O–H groups in total. The molecule has 10 nitrogen and oxygen atoms in total. The van der Waals surface area contributed by atoms with E-state index >= 15 is 0 Å². The second kappa shape index (κ2) is 11.4. The Morgan fingerprint density at radius 2 is 1.30 bits per heavy atom. The molecule has 0 fully saturated rings. The molecule has 33 heavy (non-hydrogen) atoms. The van der Waals surface area contributed by atoms with Crippen LogP contribution >= 0.6 is 0 Å². The van der Waals surface area contributed by atoms with Gasteiger partial charge in [0.05, 0.1) is 25.3 Å². The minimum Gasteiger partial charge on any atom is -0.465 e. The van der Waals surface area contributed by atoms with E-state index in [0.29, 0.717) is 5.56 Å². The maximum atomic E-state index is 12.2. The van der Waals surface area contributed by atoms with Crippen molar-refractivity contribution in [3.63, 3.8) is 0 Å². The number of anilines is 1. The Bertz CT molecular complexity index is 1040. The molecule has 0 heterocycles. The number of methoxy groups -OCH3 is 2. The summed E-state index contributed by atoms with van der Waals surface area (Å²) in [6, 6.07) is 9.13. The van der Waals surface area contributed by atoms with Crippen LogP contribution in [0.5, 0.6) is 0 Å². The van der Waals surface area contributed by atoms with E-state index in [1.165, 1.54) is 32.4 Å². The van der Waals surface area contributed by atoms with E-state index in [4.69, 9.17) is 4.74 Å². The predicted molar refractivity (Wildman–Crippen MR) is 117 cm³/mol. The van der Waals surface area contributed by atoms with Crippen LogP contribution in [0, 0.1) is 13.8 Å². The van der Waals surface area contributed by atoms with Crippen LogP contribution in [0.4, 0.5) is 5.69 Å². The molecular formula is C23H24N2O8. The maximum Gasteiger partial charge on any atom is 0.337 e. The average molecular weight is 456 g/mol. The zero-order valence-electron chi connectivity index (χ0n) is 18.6. The summed E-state index contributed by atoms with van der Waals surface area (Å²) in [7, 11) is 2.34. The molecule has 0 saturated carbocycles. The Morgan fingerprint density at radius 3 is 1.82 bits per heavy atom. The van der Waals surface area contributed by atoms with Crippen LogP contribution in [0.3, 0.4) is 0 Å². The highest BCUT2D eigenvalue weighted by atomic mass is 16.5. The lowest BCUT2D eigenvalue weighted by molar-refractivity contribution is -0.146. The lowest BCUT2D eigenvalue weighted by atomic mass is 10.1. The molecular weight excluding hydrogens is 432 g/mol. The quantitative estimate of drug-likeness (QED) is 0.453. The highest BCUT2D eigenvalue weighted by Gasteiger charge is 2.16. The number of aryl methyl sites for hydroxylation is 2. The SMILES string of the molecule is COC(=O)c1cc(NC(=O)COC(=O)CNC(=O)c2cc(C)cc(C)c2)cc(C(=O)OC)c1. The van der Waals surface area contributed by atoms with Crippen LogP contribution in [0.25, 0.3) is 0 Å². The molecule has 0 spiro atoms. The van der Waals surface area contributed by atoms with Gasteiger partial charge in [-0.2, -0.15) is 0 Å². The fourth-order valence-electron chi connectivity index (χ4n) is 2.93. The van der Waals surface area contributed by atoms with E-state index in [2.05, 4.69) is 20.1 Å². The number of amides is 2. The molecule has 0 aliphatic rings. The van der Waals surface area contributed by atoms with Gasteiger partial charge >= 0.3 is 17.9 Å². The molecule has 2 amide bonds. The summed E-state index contributed by atoms with van der Waals surface area (Å²) in [6.07, 6.45) is 0. The number of esters is 3. The summed E-state index contributed by atoms with van der Waals surface area (Å²) >= 11 is 0. The minimum atomic E-state index is -0.818. The van der Waals surface area contributed by atoms with Crippen LogP contribution in [0.1, 0.15) is 42.2 Å². The van der Waals surface area contributed by atoms with Gasteiger partial charge in [0.15, 0.2) is 6.61 Å². The first kappa shape index (κ1) is 25.1. The van der Waals surface area contributed by atoms with Crippen molar-refractivity contribution in [3.8, 4) is 0 Å². The van der Waals surface area contributed by atoms with Crippen molar-refractivity contribution in [2.24, 2.45) is 0 Å². The molecule has 10 heteroatoms. The Balaban J connectivity index is 1.92. The molecule has 0 aromatic heterocycles. The molecule has 0 aliphatic heterocycles. The molecule has 0 aliphatic carbocycles. The van der Waals surface area contributed by atoms with E-state index in [9.17, 15) is 24.0 Å². The monoisotopic (exact) mass is 456 g/mol. The fourth-order valence-corrected chi connectivity index (χ4v) is 2.93. The van der Waals surface area contributed by atoms with E-state index in [1.807, 2.05) is 19.9 Å². The van der Waals surface area contributed by atoms with Gasteiger partial charge in [-0.25, -0.2) is 9.59 Å². The molecule has 174 valence electrons. The van der Waals surface area contributed by atoms with Gasteiger partial charge in [-0.1, -0.05) is 17.2 Å². The van der Waals surface area contributed by atoms with E-state index in [-0.39, 0.29) is 16.8 Å². The number of carbonyl (C=O) groups is 5. The van der Waals surface area contributed by atoms with Crippen molar-refractivity contribution in [1.29, 1.82) is 0 Å². The first-order valence-electron chi connectivity index (χ1n) is 9.76. The number of benzene rings is 2. The predicted octanol–water partition coefficient (Wildman–Crippen LogP) is 1.79. The highest BCUT2D eigenvalue weighted by molar-refractivity contribution is 6.00.